The first-order valence-corrected chi connectivity index (χ1v) is 8.09. The number of sulfonamides is 1. The molecule has 0 aliphatic carbocycles. The number of benzene rings is 1. The van der Waals surface area contributed by atoms with Crippen LogP contribution in [-0.4, -0.2) is 36.1 Å². The molecule has 22 heavy (non-hydrogen) atoms. The number of carbonyl (C=O) groups is 1. The van der Waals surface area contributed by atoms with E-state index in [4.69, 9.17) is 0 Å². The molecule has 2 aromatic rings. The summed E-state index contributed by atoms with van der Waals surface area (Å²) in [6.45, 7) is 3.62. The van der Waals surface area contributed by atoms with Crippen LogP contribution in [0.4, 0.5) is 5.95 Å². The summed E-state index contributed by atoms with van der Waals surface area (Å²) < 4.78 is 26.8. The van der Waals surface area contributed by atoms with Crippen LogP contribution in [0.5, 0.6) is 0 Å². The van der Waals surface area contributed by atoms with Crippen molar-refractivity contribution in [2.24, 2.45) is 0 Å². The number of carbonyl (C=O) groups excluding carboxylic acids is 1. The molecule has 0 fully saturated rings. The van der Waals surface area contributed by atoms with Gasteiger partial charge in [-0.05, 0) is 25.5 Å². The van der Waals surface area contributed by atoms with Crippen LogP contribution in [0.3, 0.4) is 0 Å². The highest BCUT2D eigenvalue weighted by Gasteiger charge is 2.16. The monoisotopic (exact) mass is 323 g/mol. The second-order valence-electron chi connectivity index (χ2n) is 4.80. The number of hydrogen-bond acceptors (Lipinski definition) is 5. The number of aryl methyl sites for hydroxylation is 2. The van der Waals surface area contributed by atoms with Crippen LogP contribution in [0.15, 0.2) is 29.4 Å². The third-order valence-corrected chi connectivity index (χ3v) is 4.56. The average molecular weight is 323 g/mol. The van der Waals surface area contributed by atoms with Crippen LogP contribution in [-0.2, 0) is 14.8 Å². The van der Waals surface area contributed by atoms with Gasteiger partial charge in [0.15, 0.2) is 0 Å². The molecule has 0 saturated heterocycles. The second kappa shape index (κ2) is 6.67. The van der Waals surface area contributed by atoms with Crippen LogP contribution < -0.4 is 10.0 Å². The second-order valence-corrected chi connectivity index (χ2v) is 6.53. The number of rotatable bonds is 6. The van der Waals surface area contributed by atoms with E-state index >= 15 is 0 Å². The Hall–Kier alpha value is -2.26. The Kier molecular flexibility index (Phi) is 4.88. The summed E-state index contributed by atoms with van der Waals surface area (Å²) in [6.07, 6.45) is 1.25. The Balaban J connectivity index is 1.91. The molecule has 1 heterocycles. The number of aromatic amines is 1. The Morgan fingerprint density at radius 2 is 2.09 bits per heavy atom. The van der Waals surface area contributed by atoms with Gasteiger partial charge in [-0.25, -0.2) is 18.2 Å². The molecule has 0 saturated carbocycles. The number of aromatic nitrogens is 3. The van der Waals surface area contributed by atoms with E-state index in [1.54, 1.807) is 25.1 Å². The maximum Gasteiger partial charge on any atom is 0.240 e. The molecule has 0 unspecified atom stereocenters. The van der Waals surface area contributed by atoms with E-state index in [0.717, 1.165) is 5.56 Å². The first-order valence-electron chi connectivity index (χ1n) is 6.60. The predicted octanol–water partition coefficient (Wildman–Crippen LogP) is 0.729. The fraction of sp³-hybridized carbons (Fsp3) is 0.308. The molecule has 3 N–H and O–H groups in total. The van der Waals surface area contributed by atoms with Gasteiger partial charge in [-0.3, -0.25) is 10.1 Å². The van der Waals surface area contributed by atoms with Crippen molar-refractivity contribution in [1.29, 1.82) is 0 Å². The maximum atomic E-state index is 12.2. The van der Waals surface area contributed by atoms with Gasteiger partial charge in [0.1, 0.15) is 6.33 Å². The van der Waals surface area contributed by atoms with Gasteiger partial charge in [0.05, 0.1) is 4.90 Å². The van der Waals surface area contributed by atoms with E-state index < -0.39 is 10.0 Å². The van der Waals surface area contributed by atoms with Crippen molar-refractivity contribution < 1.29 is 13.2 Å². The van der Waals surface area contributed by atoms with Crippen LogP contribution >= 0.6 is 0 Å². The van der Waals surface area contributed by atoms with Crippen LogP contribution in [0, 0.1) is 13.8 Å². The van der Waals surface area contributed by atoms with Crippen molar-refractivity contribution in [1.82, 2.24) is 19.9 Å². The van der Waals surface area contributed by atoms with Crippen molar-refractivity contribution in [2.45, 2.75) is 25.2 Å². The zero-order valence-electron chi connectivity index (χ0n) is 12.3. The summed E-state index contributed by atoms with van der Waals surface area (Å²) in [5.41, 5.74) is 1.65. The molecule has 9 heteroatoms. The van der Waals surface area contributed by atoms with Crippen molar-refractivity contribution in [3.8, 4) is 0 Å². The van der Waals surface area contributed by atoms with Crippen molar-refractivity contribution >= 4 is 21.9 Å². The summed E-state index contributed by atoms with van der Waals surface area (Å²) in [4.78, 5) is 15.6. The van der Waals surface area contributed by atoms with Gasteiger partial charge in [0, 0.05) is 13.0 Å². The number of hydrogen-bond donors (Lipinski definition) is 3. The molecule has 1 aromatic carbocycles. The lowest BCUT2D eigenvalue weighted by Crippen LogP contribution is -2.28. The van der Waals surface area contributed by atoms with Crippen molar-refractivity contribution in [3.63, 3.8) is 0 Å². The molecular weight excluding hydrogens is 306 g/mol. The van der Waals surface area contributed by atoms with E-state index in [1.165, 1.54) is 6.33 Å². The first-order chi connectivity index (χ1) is 10.4. The van der Waals surface area contributed by atoms with Gasteiger partial charge >= 0.3 is 0 Å². The van der Waals surface area contributed by atoms with E-state index in [1.807, 2.05) is 6.92 Å². The molecule has 2 rings (SSSR count). The minimum atomic E-state index is -3.63. The van der Waals surface area contributed by atoms with Gasteiger partial charge < -0.3 is 0 Å². The minimum absolute atomic E-state index is 0.00435. The summed E-state index contributed by atoms with van der Waals surface area (Å²) in [6, 6.07) is 5.09. The first kappa shape index (κ1) is 16.1. The molecule has 118 valence electrons. The fourth-order valence-corrected chi connectivity index (χ4v) is 3.19. The van der Waals surface area contributed by atoms with Crippen molar-refractivity contribution in [3.05, 3.63) is 35.7 Å². The largest absolute Gasteiger partial charge is 0.295 e. The lowest BCUT2D eigenvalue weighted by atomic mass is 10.2. The standard InChI is InChI=1S/C13H17N5O3S/c1-9-3-4-11(10(2)7-9)22(20,21)16-6-5-12(19)17-13-14-8-15-18-13/h3-4,7-8,16H,5-6H2,1-2H3,(H2,14,15,17,18,19). The highest BCUT2D eigenvalue weighted by Crippen LogP contribution is 2.16. The smallest absolute Gasteiger partial charge is 0.240 e. The Morgan fingerprint density at radius 3 is 2.73 bits per heavy atom. The Morgan fingerprint density at radius 1 is 1.32 bits per heavy atom. The van der Waals surface area contributed by atoms with E-state index in [-0.39, 0.29) is 29.7 Å². The maximum absolute atomic E-state index is 12.2. The molecule has 1 aromatic heterocycles. The van der Waals surface area contributed by atoms with Gasteiger partial charge in [0.25, 0.3) is 0 Å². The normalized spacial score (nSPS) is 11.4. The lowest BCUT2D eigenvalue weighted by Gasteiger charge is -2.09. The molecule has 0 bridgehead atoms. The molecule has 1 amide bonds. The quantitative estimate of drug-likeness (QED) is 0.724. The lowest BCUT2D eigenvalue weighted by molar-refractivity contribution is -0.116. The molecule has 0 radical (unpaired) electrons. The number of amides is 1. The molecule has 0 aliphatic rings. The van der Waals surface area contributed by atoms with Gasteiger partial charge in [-0.2, -0.15) is 10.1 Å². The zero-order valence-corrected chi connectivity index (χ0v) is 13.1. The zero-order chi connectivity index (χ0) is 16.2. The SMILES string of the molecule is Cc1ccc(S(=O)(=O)NCCC(=O)Nc2ncn[nH]2)c(C)c1. The average Bonchev–Trinajstić information content (AvgIpc) is 2.90. The van der Waals surface area contributed by atoms with Crippen LogP contribution in [0.2, 0.25) is 0 Å². The Labute approximate surface area is 128 Å². The van der Waals surface area contributed by atoms with E-state index in [9.17, 15) is 13.2 Å². The van der Waals surface area contributed by atoms with Crippen LogP contribution in [0.25, 0.3) is 0 Å². The molecule has 0 spiro atoms. The van der Waals surface area contributed by atoms with E-state index in [0.29, 0.717) is 5.56 Å². The highest BCUT2D eigenvalue weighted by molar-refractivity contribution is 7.89. The fourth-order valence-electron chi connectivity index (χ4n) is 1.94. The topological polar surface area (TPSA) is 117 Å². The summed E-state index contributed by atoms with van der Waals surface area (Å²) in [5, 5.41) is 8.53. The molecule has 0 aliphatic heterocycles. The summed E-state index contributed by atoms with van der Waals surface area (Å²) in [5.74, 6) is -0.137. The van der Waals surface area contributed by atoms with Gasteiger partial charge in [-0.1, -0.05) is 17.7 Å². The Bertz CT molecular complexity index is 756. The molecular formula is C13H17N5O3S. The number of nitrogens with zero attached hydrogens (tertiary/aromatic N) is 2. The predicted molar refractivity (Wildman–Crippen MR) is 80.7 cm³/mol. The van der Waals surface area contributed by atoms with E-state index in [2.05, 4.69) is 25.2 Å². The molecule has 8 nitrogen and oxygen atoms in total. The number of anilines is 1. The van der Waals surface area contributed by atoms with Crippen LogP contribution in [0.1, 0.15) is 17.5 Å². The van der Waals surface area contributed by atoms with Crippen molar-refractivity contribution in [2.75, 3.05) is 11.9 Å². The minimum Gasteiger partial charge on any atom is -0.295 e. The summed E-state index contributed by atoms with van der Waals surface area (Å²) in [7, 11) is -3.63. The highest BCUT2D eigenvalue weighted by atomic mass is 32.2. The molecule has 0 atom stereocenters. The third kappa shape index (κ3) is 4.12. The number of H-pyrrole nitrogens is 1. The van der Waals surface area contributed by atoms with Gasteiger partial charge in [-0.15, -0.1) is 0 Å². The third-order valence-electron chi connectivity index (χ3n) is 2.94. The number of nitrogens with one attached hydrogen (secondary N) is 3. The van der Waals surface area contributed by atoms with Gasteiger partial charge in [0.2, 0.25) is 21.9 Å². The summed E-state index contributed by atoms with van der Waals surface area (Å²) >= 11 is 0.